The van der Waals surface area contributed by atoms with E-state index in [2.05, 4.69) is 15.2 Å². The third-order valence-corrected chi connectivity index (χ3v) is 3.44. The van der Waals surface area contributed by atoms with Gasteiger partial charge in [-0.3, -0.25) is 5.10 Å². The van der Waals surface area contributed by atoms with Crippen LogP contribution in [0.3, 0.4) is 0 Å². The van der Waals surface area contributed by atoms with Gasteiger partial charge in [0.1, 0.15) is 11.6 Å². The number of nitrogens with zero attached hydrogens (tertiary/aromatic N) is 2. The van der Waals surface area contributed by atoms with Gasteiger partial charge in [0.25, 0.3) is 0 Å². The van der Waals surface area contributed by atoms with E-state index in [1.165, 1.54) is 18.4 Å². The van der Waals surface area contributed by atoms with Crippen LogP contribution >= 0.6 is 0 Å². The summed E-state index contributed by atoms with van der Waals surface area (Å²) in [6, 6.07) is 5.89. The van der Waals surface area contributed by atoms with Crippen LogP contribution in [0.5, 0.6) is 5.75 Å². The van der Waals surface area contributed by atoms with Gasteiger partial charge in [-0.15, -0.1) is 0 Å². The molecule has 0 spiro atoms. The largest absolute Gasteiger partial charge is 0.495 e. The van der Waals surface area contributed by atoms with Gasteiger partial charge in [-0.25, -0.2) is 4.98 Å². The SMILES string of the molecule is COc1ccc(CCc2nc(C3CC3)n[nH]2)cc1N. The molecule has 100 valence electrons. The summed E-state index contributed by atoms with van der Waals surface area (Å²) < 4.78 is 5.15. The molecule has 1 aliphatic carbocycles. The Kier molecular flexibility index (Phi) is 3.11. The number of ether oxygens (including phenoxy) is 1. The third kappa shape index (κ3) is 2.70. The van der Waals surface area contributed by atoms with Crippen molar-refractivity contribution >= 4 is 5.69 Å². The zero-order chi connectivity index (χ0) is 13.2. The van der Waals surface area contributed by atoms with E-state index in [9.17, 15) is 0 Å². The molecule has 1 fully saturated rings. The Morgan fingerprint density at radius 1 is 1.37 bits per heavy atom. The minimum atomic E-state index is 0.599. The Labute approximate surface area is 112 Å². The number of benzene rings is 1. The summed E-state index contributed by atoms with van der Waals surface area (Å²) >= 11 is 0. The first-order valence-electron chi connectivity index (χ1n) is 6.60. The second-order valence-corrected chi connectivity index (χ2v) is 4.99. The fourth-order valence-electron chi connectivity index (χ4n) is 2.15. The molecule has 1 aromatic carbocycles. The summed E-state index contributed by atoms with van der Waals surface area (Å²) in [5.74, 6) is 3.25. The molecule has 0 atom stereocenters. The molecule has 3 rings (SSSR count). The van der Waals surface area contributed by atoms with Crippen molar-refractivity contribution in [1.82, 2.24) is 15.2 Å². The second-order valence-electron chi connectivity index (χ2n) is 4.99. The van der Waals surface area contributed by atoms with Crippen LogP contribution in [-0.2, 0) is 12.8 Å². The molecule has 0 unspecified atom stereocenters. The van der Waals surface area contributed by atoms with Gasteiger partial charge in [-0.2, -0.15) is 5.10 Å². The standard InChI is InChI=1S/C14H18N4O/c1-19-12-6-2-9(8-11(12)15)3-7-13-16-14(18-17-13)10-4-5-10/h2,6,8,10H,3-5,7,15H2,1H3,(H,16,17,18). The molecule has 2 aromatic rings. The molecule has 0 aliphatic heterocycles. The number of nitrogens with two attached hydrogens (primary N) is 1. The van der Waals surface area contributed by atoms with Crippen LogP contribution in [0.15, 0.2) is 18.2 Å². The Morgan fingerprint density at radius 3 is 2.89 bits per heavy atom. The van der Waals surface area contributed by atoms with Gasteiger partial charge in [-0.05, 0) is 37.0 Å². The molecule has 1 aromatic heterocycles. The molecule has 1 heterocycles. The highest BCUT2D eigenvalue weighted by atomic mass is 16.5. The van der Waals surface area contributed by atoms with Crippen LogP contribution in [0, 0.1) is 0 Å². The van der Waals surface area contributed by atoms with E-state index in [1.54, 1.807) is 7.11 Å². The zero-order valence-electron chi connectivity index (χ0n) is 11.0. The average molecular weight is 258 g/mol. The summed E-state index contributed by atoms with van der Waals surface area (Å²) in [5, 5.41) is 7.27. The number of nitrogen functional groups attached to an aromatic ring is 1. The maximum Gasteiger partial charge on any atom is 0.153 e. The number of anilines is 1. The Morgan fingerprint density at radius 2 is 2.21 bits per heavy atom. The van der Waals surface area contributed by atoms with Crippen LogP contribution in [-0.4, -0.2) is 22.3 Å². The van der Waals surface area contributed by atoms with Crippen LogP contribution in [0.25, 0.3) is 0 Å². The van der Waals surface area contributed by atoms with Crippen molar-refractivity contribution < 1.29 is 4.74 Å². The molecule has 5 heteroatoms. The molecule has 1 aliphatic rings. The van der Waals surface area contributed by atoms with Gasteiger partial charge >= 0.3 is 0 Å². The number of hydrogen-bond acceptors (Lipinski definition) is 4. The van der Waals surface area contributed by atoms with Gasteiger partial charge in [-0.1, -0.05) is 6.07 Å². The number of aromatic amines is 1. The molecule has 0 saturated heterocycles. The first-order chi connectivity index (χ1) is 9.26. The van der Waals surface area contributed by atoms with E-state index in [4.69, 9.17) is 10.5 Å². The molecule has 0 radical (unpaired) electrons. The predicted molar refractivity (Wildman–Crippen MR) is 73.2 cm³/mol. The number of rotatable bonds is 5. The number of aryl methyl sites for hydroxylation is 2. The normalized spacial score (nSPS) is 14.6. The monoisotopic (exact) mass is 258 g/mol. The Hall–Kier alpha value is -2.04. The number of methoxy groups -OCH3 is 1. The molecule has 3 N–H and O–H groups in total. The quantitative estimate of drug-likeness (QED) is 0.805. The van der Waals surface area contributed by atoms with E-state index in [0.717, 1.165) is 30.2 Å². The number of H-pyrrole nitrogens is 1. The van der Waals surface area contributed by atoms with Gasteiger partial charge in [0.05, 0.1) is 12.8 Å². The van der Waals surface area contributed by atoms with Gasteiger partial charge < -0.3 is 10.5 Å². The lowest BCUT2D eigenvalue weighted by molar-refractivity contribution is 0.417. The highest BCUT2D eigenvalue weighted by molar-refractivity contribution is 5.54. The van der Waals surface area contributed by atoms with E-state index >= 15 is 0 Å². The molecule has 5 nitrogen and oxygen atoms in total. The van der Waals surface area contributed by atoms with Crippen molar-refractivity contribution in [1.29, 1.82) is 0 Å². The minimum Gasteiger partial charge on any atom is -0.495 e. The lowest BCUT2D eigenvalue weighted by Crippen LogP contribution is -1.97. The molecule has 0 amide bonds. The van der Waals surface area contributed by atoms with Crippen molar-refractivity contribution in [2.45, 2.75) is 31.6 Å². The summed E-state index contributed by atoms with van der Waals surface area (Å²) in [7, 11) is 1.62. The first kappa shape index (κ1) is 12.0. The van der Waals surface area contributed by atoms with Gasteiger partial charge in [0.2, 0.25) is 0 Å². The summed E-state index contributed by atoms with van der Waals surface area (Å²) in [6.45, 7) is 0. The lowest BCUT2D eigenvalue weighted by atomic mass is 10.1. The van der Waals surface area contributed by atoms with E-state index < -0.39 is 0 Å². The van der Waals surface area contributed by atoms with Gasteiger partial charge in [0, 0.05) is 12.3 Å². The average Bonchev–Trinajstić information content (AvgIpc) is 3.16. The topological polar surface area (TPSA) is 76.8 Å². The smallest absolute Gasteiger partial charge is 0.153 e. The van der Waals surface area contributed by atoms with Crippen LogP contribution in [0.4, 0.5) is 5.69 Å². The van der Waals surface area contributed by atoms with Crippen molar-refractivity contribution in [3.63, 3.8) is 0 Å². The number of nitrogens with one attached hydrogen (secondary N) is 1. The zero-order valence-corrected chi connectivity index (χ0v) is 11.0. The fraction of sp³-hybridized carbons (Fsp3) is 0.429. The third-order valence-electron chi connectivity index (χ3n) is 3.44. The van der Waals surface area contributed by atoms with Crippen molar-refractivity contribution in [3.05, 3.63) is 35.4 Å². The number of hydrogen-bond donors (Lipinski definition) is 2. The van der Waals surface area contributed by atoms with E-state index in [1.807, 2.05) is 18.2 Å². The summed E-state index contributed by atoms with van der Waals surface area (Å²) in [4.78, 5) is 4.52. The van der Waals surface area contributed by atoms with Crippen LogP contribution in [0.2, 0.25) is 0 Å². The van der Waals surface area contributed by atoms with E-state index in [0.29, 0.717) is 11.6 Å². The molecule has 1 saturated carbocycles. The van der Waals surface area contributed by atoms with Crippen molar-refractivity contribution in [3.8, 4) is 5.75 Å². The van der Waals surface area contributed by atoms with Crippen LogP contribution < -0.4 is 10.5 Å². The summed E-state index contributed by atoms with van der Waals surface area (Å²) in [5.41, 5.74) is 7.75. The Balaban J connectivity index is 1.62. The van der Waals surface area contributed by atoms with E-state index in [-0.39, 0.29) is 0 Å². The molecule has 19 heavy (non-hydrogen) atoms. The highest BCUT2D eigenvalue weighted by Gasteiger charge is 2.27. The Bertz CT molecular complexity index is 575. The maximum atomic E-state index is 5.89. The summed E-state index contributed by atoms with van der Waals surface area (Å²) in [6.07, 6.45) is 4.21. The minimum absolute atomic E-state index is 0.599. The first-order valence-corrected chi connectivity index (χ1v) is 6.60. The predicted octanol–water partition coefficient (Wildman–Crippen LogP) is 2.06. The maximum absolute atomic E-state index is 5.89. The lowest BCUT2D eigenvalue weighted by Gasteiger charge is -2.06. The molecular formula is C14H18N4O. The molecular weight excluding hydrogens is 240 g/mol. The van der Waals surface area contributed by atoms with Crippen molar-refractivity contribution in [2.24, 2.45) is 0 Å². The fourth-order valence-corrected chi connectivity index (χ4v) is 2.15. The van der Waals surface area contributed by atoms with Crippen molar-refractivity contribution in [2.75, 3.05) is 12.8 Å². The van der Waals surface area contributed by atoms with Gasteiger partial charge in [0.15, 0.2) is 5.82 Å². The highest BCUT2D eigenvalue weighted by Crippen LogP contribution is 2.37. The molecule has 0 bridgehead atoms. The second kappa shape index (κ2) is 4.91. The van der Waals surface area contributed by atoms with Crippen LogP contribution in [0.1, 0.15) is 36.0 Å². The number of aromatic nitrogens is 3.